The summed E-state index contributed by atoms with van der Waals surface area (Å²) in [4.78, 5) is 17.9. The van der Waals surface area contributed by atoms with E-state index in [4.69, 9.17) is 0 Å². The summed E-state index contributed by atoms with van der Waals surface area (Å²) in [5, 5.41) is 9.09. The number of nitrogens with zero attached hydrogens (tertiary/aromatic N) is 2. The van der Waals surface area contributed by atoms with E-state index < -0.39 is 12.7 Å². The molecule has 1 aliphatic heterocycles. The number of carbonyl (C=O) groups excluding carboxylic acids is 1. The molecule has 0 spiro atoms. The molecule has 1 amide bonds. The molecule has 6 nitrogen and oxygen atoms in total. The summed E-state index contributed by atoms with van der Waals surface area (Å²) in [6.07, 6.45) is -3.55. The van der Waals surface area contributed by atoms with Crippen LogP contribution in [0.4, 0.5) is 13.2 Å². The third-order valence-corrected chi connectivity index (χ3v) is 4.31. The first-order valence-electron chi connectivity index (χ1n) is 9.51. The molecule has 1 fully saturated rings. The fraction of sp³-hybridized carbons (Fsp3) is 0.579. The normalized spacial score (nSPS) is 17.6. The number of aliphatic imine (C=N–C) groups is 1. The summed E-state index contributed by atoms with van der Waals surface area (Å²) >= 11 is 0. The maximum absolute atomic E-state index is 12.5. The number of carbonyl (C=O) groups is 1. The molecule has 1 unspecified atom stereocenters. The van der Waals surface area contributed by atoms with Crippen LogP contribution in [0.15, 0.2) is 29.3 Å². The number of likely N-dealkylation sites (tertiary alicyclic amines) is 1. The zero-order valence-electron chi connectivity index (χ0n) is 16.7. The molecule has 1 aromatic rings. The highest BCUT2D eigenvalue weighted by molar-refractivity contribution is 14.0. The first kappa shape index (κ1) is 25.5. The highest BCUT2D eigenvalue weighted by Gasteiger charge is 2.34. The van der Waals surface area contributed by atoms with Gasteiger partial charge in [0.2, 0.25) is 0 Å². The molecule has 0 aliphatic carbocycles. The molecule has 164 valence electrons. The van der Waals surface area contributed by atoms with Crippen molar-refractivity contribution < 1.29 is 18.0 Å². The molecule has 3 N–H and O–H groups in total. The summed E-state index contributed by atoms with van der Waals surface area (Å²) in [7, 11) is 0. The summed E-state index contributed by atoms with van der Waals surface area (Å²) in [6.45, 7) is 5.21. The second-order valence-electron chi connectivity index (χ2n) is 6.74. The Kier molecular flexibility index (Phi) is 10.7. The van der Waals surface area contributed by atoms with Crippen LogP contribution in [0.3, 0.4) is 0 Å². The molecule has 2 rings (SSSR count). The Balaban J connectivity index is 0.00000420. The van der Waals surface area contributed by atoms with Crippen molar-refractivity contribution in [2.24, 2.45) is 4.99 Å². The number of benzene rings is 1. The summed E-state index contributed by atoms with van der Waals surface area (Å²) in [5.41, 5.74) is 1.46. The predicted molar refractivity (Wildman–Crippen MR) is 119 cm³/mol. The molecular formula is C19H29F3IN5O. The van der Waals surface area contributed by atoms with Crippen molar-refractivity contribution in [3.8, 4) is 0 Å². The van der Waals surface area contributed by atoms with Gasteiger partial charge in [-0.2, -0.15) is 13.2 Å². The molecule has 0 saturated carbocycles. The number of hydrogen-bond donors (Lipinski definition) is 3. The first-order chi connectivity index (χ1) is 13.3. The molecule has 1 heterocycles. The van der Waals surface area contributed by atoms with Crippen LogP contribution in [0.5, 0.6) is 0 Å². The second-order valence-corrected chi connectivity index (χ2v) is 6.74. The fourth-order valence-corrected chi connectivity index (χ4v) is 3.10. The van der Waals surface area contributed by atoms with E-state index >= 15 is 0 Å². The maximum atomic E-state index is 12.5. The Morgan fingerprint density at radius 3 is 2.62 bits per heavy atom. The van der Waals surface area contributed by atoms with Crippen LogP contribution in [-0.2, 0) is 6.54 Å². The van der Waals surface area contributed by atoms with Crippen molar-refractivity contribution in [2.45, 2.75) is 39.0 Å². The van der Waals surface area contributed by atoms with Crippen LogP contribution in [0, 0.1) is 0 Å². The van der Waals surface area contributed by atoms with E-state index in [1.807, 2.05) is 26.0 Å². The molecule has 0 bridgehead atoms. The monoisotopic (exact) mass is 527 g/mol. The molecular weight excluding hydrogens is 498 g/mol. The third kappa shape index (κ3) is 9.20. The molecule has 0 radical (unpaired) electrons. The van der Waals surface area contributed by atoms with Gasteiger partial charge in [-0.25, -0.2) is 4.99 Å². The van der Waals surface area contributed by atoms with E-state index in [9.17, 15) is 18.0 Å². The van der Waals surface area contributed by atoms with Gasteiger partial charge in [-0.1, -0.05) is 12.1 Å². The molecule has 1 aromatic carbocycles. The quantitative estimate of drug-likeness (QED) is 0.290. The third-order valence-electron chi connectivity index (χ3n) is 4.31. The molecule has 1 aliphatic rings. The maximum Gasteiger partial charge on any atom is 0.401 e. The Hall–Kier alpha value is -1.56. The van der Waals surface area contributed by atoms with Gasteiger partial charge < -0.3 is 16.0 Å². The lowest BCUT2D eigenvalue weighted by Crippen LogP contribution is -2.45. The molecule has 29 heavy (non-hydrogen) atoms. The average Bonchev–Trinajstić information content (AvgIpc) is 3.05. The van der Waals surface area contributed by atoms with Crippen molar-refractivity contribution in [3.05, 3.63) is 35.4 Å². The molecule has 10 heteroatoms. The number of guanidine groups is 1. The van der Waals surface area contributed by atoms with Crippen LogP contribution in [0.2, 0.25) is 0 Å². The standard InChI is InChI=1S/C19H28F3N5O.HI/c1-3-23-17(28)15-7-5-6-14(10-15)11-25-18(24-4-2)26-16-8-9-27(12-16)13-19(20,21)22;/h5-7,10,16H,3-4,8-9,11-13H2,1-2H3,(H,23,28)(H2,24,25,26);1H. The number of amides is 1. The fourth-order valence-electron chi connectivity index (χ4n) is 3.10. The van der Waals surface area contributed by atoms with E-state index in [1.165, 1.54) is 4.90 Å². The average molecular weight is 527 g/mol. The van der Waals surface area contributed by atoms with E-state index in [0.717, 1.165) is 5.56 Å². The lowest BCUT2D eigenvalue weighted by Gasteiger charge is -2.19. The van der Waals surface area contributed by atoms with E-state index in [1.54, 1.807) is 12.1 Å². The van der Waals surface area contributed by atoms with Crippen LogP contribution < -0.4 is 16.0 Å². The minimum atomic E-state index is -4.18. The van der Waals surface area contributed by atoms with Crippen LogP contribution in [0.1, 0.15) is 36.2 Å². The second kappa shape index (κ2) is 12.2. The van der Waals surface area contributed by atoms with Crippen LogP contribution in [0.25, 0.3) is 0 Å². The Morgan fingerprint density at radius 1 is 1.24 bits per heavy atom. The van der Waals surface area contributed by atoms with Gasteiger partial charge in [0, 0.05) is 37.8 Å². The zero-order valence-corrected chi connectivity index (χ0v) is 19.0. The molecule has 1 atom stereocenters. The highest BCUT2D eigenvalue weighted by Crippen LogP contribution is 2.20. The lowest BCUT2D eigenvalue weighted by molar-refractivity contribution is -0.143. The van der Waals surface area contributed by atoms with E-state index in [0.29, 0.717) is 50.7 Å². The largest absolute Gasteiger partial charge is 0.401 e. The number of alkyl halides is 3. The predicted octanol–water partition coefficient (Wildman–Crippen LogP) is 2.75. The molecule has 0 aromatic heterocycles. The van der Waals surface area contributed by atoms with Gasteiger partial charge in [-0.05, 0) is 38.0 Å². The van der Waals surface area contributed by atoms with Crippen molar-refractivity contribution in [3.63, 3.8) is 0 Å². The van der Waals surface area contributed by atoms with Gasteiger partial charge in [0.05, 0.1) is 13.1 Å². The van der Waals surface area contributed by atoms with Gasteiger partial charge >= 0.3 is 6.18 Å². The zero-order chi connectivity index (χ0) is 20.6. The van der Waals surface area contributed by atoms with Gasteiger partial charge in [0.25, 0.3) is 5.91 Å². The van der Waals surface area contributed by atoms with Crippen LogP contribution >= 0.6 is 24.0 Å². The number of halogens is 4. The molecule has 1 saturated heterocycles. The number of hydrogen-bond acceptors (Lipinski definition) is 3. The Bertz CT molecular complexity index is 684. The van der Waals surface area contributed by atoms with Crippen molar-refractivity contribution in [1.82, 2.24) is 20.9 Å². The number of rotatable bonds is 7. The highest BCUT2D eigenvalue weighted by atomic mass is 127. The van der Waals surface area contributed by atoms with Crippen molar-refractivity contribution in [2.75, 3.05) is 32.7 Å². The Morgan fingerprint density at radius 2 is 1.97 bits per heavy atom. The smallest absolute Gasteiger partial charge is 0.357 e. The van der Waals surface area contributed by atoms with Crippen molar-refractivity contribution >= 4 is 35.8 Å². The van der Waals surface area contributed by atoms with E-state index in [-0.39, 0.29) is 35.9 Å². The minimum absolute atomic E-state index is 0. The van der Waals surface area contributed by atoms with Gasteiger partial charge in [-0.3, -0.25) is 9.69 Å². The van der Waals surface area contributed by atoms with Crippen molar-refractivity contribution in [1.29, 1.82) is 0 Å². The topological polar surface area (TPSA) is 68.8 Å². The van der Waals surface area contributed by atoms with E-state index in [2.05, 4.69) is 20.9 Å². The summed E-state index contributed by atoms with van der Waals surface area (Å²) < 4.78 is 37.6. The summed E-state index contributed by atoms with van der Waals surface area (Å²) in [6, 6.07) is 7.15. The van der Waals surface area contributed by atoms with Crippen LogP contribution in [-0.4, -0.2) is 61.7 Å². The minimum Gasteiger partial charge on any atom is -0.357 e. The summed E-state index contributed by atoms with van der Waals surface area (Å²) in [5.74, 6) is 0.429. The van der Waals surface area contributed by atoms with Gasteiger partial charge in [-0.15, -0.1) is 24.0 Å². The Labute approximate surface area is 186 Å². The SMILES string of the molecule is CCNC(=O)c1cccc(CN=C(NCC)NC2CCN(CC(F)(F)F)C2)c1.I. The number of nitrogens with one attached hydrogen (secondary N) is 3. The van der Waals surface area contributed by atoms with Gasteiger partial charge in [0.1, 0.15) is 0 Å². The first-order valence-corrected chi connectivity index (χ1v) is 9.51. The van der Waals surface area contributed by atoms with Gasteiger partial charge in [0.15, 0.2) is 5.96 Å². The lowest BCUT2D eigenvalue weighted by atomic mass is 10.1.